The summed E-state index contributed by atoms with van der Waals surface area (Å²) in [6.07, 6.45) is 4.78. The first-order chi connectivity index (χ1) is 8.63. The van der Waals surface area contributed by atoms with E-state index in [1.807, 2.05) is 0 Å². The van der Waals surface area contributed by atoms with E-state index in [1.165, 1.54) is 4.90 Å². The van der Waals surface area contributed by atoms with Crippen molar-refractivity contribution >= 4 is 11.9 Å². The SMILES string of the molecule is CC(C)CC1(C(=O)N(C)C(C)(C)C(=O)O)CCCC1. The Morgan fingerprint density at radius 1 is 1.26 bits per heavy atom. The molecule has 1 fully saturated rings. The van der Waals surface area contributed by atoms with Gasteiger partial charge in [0.1, 0.15) is 5.54 Å². The number of rotatable bonds is 5. The van der Waals surface area contributed by atoms with Gasteiger partial charge in [0.2, 0.25) is 5.91 Å². The van der Waals surface area contributed by atoms with Crippen LogP contribution in [0.3, 0.4) is 0 Å². The van der Waals surface area contributed by atoms with Crippen molar-refractivity contribution in [2.75, 3.05) is 7.05 Å². The lowest BCUT2D eigenvalue weighted by Gasteiger charge is -2.39. The molecule has 0 aromatic rings. The number of aliphatic carboxylic acids is 1. The Kier molecular flexibility index (Phi) is 4.64. The van der Waals surface area contributed by atoms with Crippen molar-refractivity contribution < 1.29 is 14.7 Å². The second-order valence-electron chi connectivity index (χ2n) is 6.81. The molecule has 110 valence electrons. The van der Waals surface area contributed by atoms with Crippen molar-refractivity contribution in [3.8, 4) is 0 Å². The van der Waals surface area contributed by atoms with Crippen LogP contribution in [-0.2, 0) is 9.59 Å². The molecule has 0 bridgehead atoms. The molecule has 0 heterocycles. The Morgan fingerprint density at radius 3 is 2.11 bits per heavy atom. The predicted molar refractivity (Wildman–Crippen MR) is 74.8 cm³/mol. The highest BCUT2D eigenvalue weighted by Gasteiger charge is 2.47. The summed E-state index contributed by atoms with van der Waals surface area (Å²) in [5, 5.41) is 9.28. The molecular formula is C15H27NO3. The highest BCUT2D eigenvalue weighted by atomic mass is 16.4. The van der Waals surface area contributed by atoms with Gasteiger partial charge in [-0.2, -0.15) is 0 Å². The van der Waals surface area contributed by atoms with Crippen LogP contribution in [0.15, 0.2) is 0 Å². The third-order valence-electron chi connectivity index (χ3n) is 4.48. The molecule has 0 radical (unpaired) electrons. The molecule has 0 atom stereocenters. The van der Waals surface area contributed by atoms with Crippen LogP contribution >= 0.6 is 0 Å². The molecule has 1 aliphatic carbocycles. The minimum absolute atomic E-state index is 0.00565. The molecule has 1 N–H and O–H groups in total. The molecule has 0 aliphatic heterocycles. The smallest absolute Gasteiger partial charge is 0.329 e. The van der Waals surface area contributed by atoms with Gasteiger partial charge >= 0.3 is 5.97 Å². The molecule has 0 saturated heterocycles. The summed E-state index contributed by atoms with van der Waals surface area (Å²) < 4.78 is 0. The van der Waals surface area contributed by atoms with E-state index in [0.29, 0.717) is 5.92 Å². The van der Waals surface area contributed by atoms with Crippen molar-refractivity contribution in [3.63, 3.8) is 0 Å². The minimum Gasteiger partial charge on any atom is -0.480 e. The summed E-state index contributed by atoms with van der Waals surface area (Å²) in [6.45, 7) is 7.42. The second-order valence-corrected chi connectivity index (χ2v) is 6.81. The lowest BCUT2D eigenvalue weighted by Crippen LogP contribution is -2.55. The van der Waals surface area contributed by atoms with Crippen molar-refractivity contribution in [1.29, 1.82) is 0 Å². The Morgan fingerprint density at radius 2 is 1.74 bits per heavy atom. The molecule has 0 spiro atoms. The number of carboxylic acids is 1. The summed E-state index contributed by atoms with van der Waals surface area (Å²) >= 11 is 0. The highest BCUT2D eigenvalue weighted by molar-refractivity contribution is 5.89. The maximum Gasteiger partial charge on any atom is 0.329 e. The molecule has 1 aliphatic rings. The van der Waals surface area contributed by atoms with Crippen LogP contribution in [0.2, 0.25) is 0 Å². The number of likely N-dealkylation sites (N-methyl/N-ethyl adjacent to an activating group) is 1. The Balaban J connectivity index is 2.98. The summed E-state index contributed by atoms with van der Waals surface area (Å²) in [4.78, 5) is 25.6. The largest absolute Gasteiger partial charge is 0.480 e. The average Bonchev–Trinajstić information content (AvgIpc) is 2.75. The lowest BCUT2D eigenvalue weighted by atomic mass is 9.76. The maximum absolute atomic E-state index is 12.8. The molecular weight excluding hydrogens is 242 g/mol. The first kappa shape index (κ1) is 16.0. The number of hydrogen-bond donors (Lipinski definition) is 1. The van der Waals surface area contributed by atoms with Crippen LogP contribution in [0.25, 0.3) is 0 Å². The standard InChI is InChI=1S/C15H27NO3/c1-11(2)10-15(8-6-7-9-15)12(17)16(5)14(3,4)13(18)19/h11H,6-10H2,1-5H3,(H,18,19). The van der Waals surface area contributed by atoms with E-state index in [9.17, 15) is 14.7 Å². The number of nitrogens with zero attached hydrogens (tertiary/aromatic N) is 1. The molecule has 1 rings (SSSR count). The lowest BCUT2D eigenvalue weighted by molar-refractivity contribution is -0.160. The van der Waals surface area contributed by atoms with Crippen molar-refractivity contribution in [2.45, 2.75) is 65.3 Å². The predicted octanol–water partition coefficient (Wildman–Crippen LogP) is 2.91. The minimum atomic E-state index is -1.15. The summed E-state index contributed by atoms with van der Waals surface area (Å²) in [5.41, 5.74) is -1.49. The quantitative estimate of drug-likeness (QED) is 0.835. The van der Waals surface area contributed by atoms with Gasteiger partial charge in [0.05, 0.1) is 0 Å². The Bertz CT molecular complexity index is 354. The molecule has 1 saturated carbocycles. The van der Waals surface area contributed by atoms with E-state index < -0.39 is 11.5 Å². The zero-order valence-electron chi connectivity index (χ0n) is 12.8. The van der Waals surface area contributed by atoms with Gasteiger partial charge in [0, 0.05) is 12.5 Å². The van der Waals surface area contributed by atoms with Crippen LogP contribution in [0, 0.1) is 11.3 Å². The van der Waals surface area contributed by atoms with Crippen molar-refractivity contribution in [3.05, 3.63) is 0 Å². The average molecular weight is 269 g/mol. The Hall–Kier alpha value is -1.06. The van der Waals surface area contributed by atoms with E-state index in [0.717, 1.165) is 32.1 Å². The molecule has 0 aromatic heterocycles. The van der Waals surface area contributed by atoms with Crippen LogP contribution in [0.4, 0.5) is 0 Å². The fraction of sp³-hybridized carbons (Fsp3) is 0.867. The molecule has 19 heavy (non-hydrogen) atoms. The van der Waals surface area contributed by atoms with Gasteiger partial charge in [-0.3, -0.25) is 4.79 Å². The van der Waals surface area contributed by atoms with Crippen molar-refractivity contribution in [2.24, 2.45) is 11.3 Å². The van der Waals surface area contributed by atoms with Gasteiger partial charge in [-0.15, -0.1) is 0 Å². The highest BCUT2D eigenvalue weighted by Crippen LogP contribution is 2.45. The van der Waals surface area contributed by atoms with Gasteiger partial charge in [0.25, 0.3) is 0 Å². The third-order valence-corrected chi connectivity index (χ3v) is 4.48. The van der Waals surface area contributed by atoms with Crippen LogP contribution in [0.5, 0.6) is 0 Å². The summed E-state index contributed by atoms with van der Waals surface area (Å²) in [5.74, 6) is -0.504. The molecule has 1 amide bonds. The number of carboxylic acid groups (broad SMARTS) is 1. The number of carbonyl (C=O) groups is 2. The number of hydrogen-bond acceptors (Lipinski definition) is 2. The molecule has 4 nitrogen and oxygen atoms in total. The molecule has 0 aromatic carbocycles. The van der Waals surface area contributed by atoms with Crippen LogP contribution in [-0.4, -0.2) is 34.5 Å². The summed E-state index contributed by atoms with van der Waals surface area (Å²) in [6, 6.07) is 0. The number of carbonyl (C=O) groups excluding carboxylic acids is 1. The van der Waals surface area contributed by atoms with Gasteiger partial charge in [0.15, 0.2) is 0 Å². The van der Waals surface area contributed by atoms with Crippen LogP contribution < -0.4 is 0 Å². The van der Waals surface area contributed by atoms with E-state index in [1.54, 1.807) is 20.9 Å². The monoisotopic (exact) mass is 269 g/mol. The normalized spacial score (nSPS) is 18.6. The summed E-state index contributed by atoms with van der Waals surface area (Å²) in [7, 11) is 1.62. The topological polar surface area (TPSA) is 57.6 Å². The van der Waals surface area contributed by atoms with Gasteiger partial charge < -0.3 is 10.0 Å². The fourth-order valence-electron chi connectivity index (χ4n) is 3.09. The van der Waals surface area contributed by atoms with Crippen LogP contribution in [0.1, 0.15) is 59.8 Å². The third kappa shape index (κ3) is 3.10. The van der Waals surface area contributed by atoms with E-state index >= 15 is 0 Å². The molecule has 4 heteroatoms. The zero-order chi connectivity index (χ0) is 14.8. The van der Waals surface area contributed by atoms with E-state index in [4.69, 9.17) is 0 Å². The zero-order valence-corrected chi connectivity index (χ0v) is 12.8. The fourth-order valence-corrected chi connectivity index (χ4v) is 3.09. The van der Waals surface area contributed by atoms with Gasteiger partial charge in [-0.1, -0.05) is 26.7 Å². The maximum atomic E-state index is 12.8. The molecule has 0 unspecified atom stereocenters. The van der Waals surface area contributed by atoms with Gasteiger partial charge in [-0.05, 0) is 39.0 Å². The van der Waals surface area contributed by atoms with E-state index in [-0.39, 0.29) is 11.3 Å². The van der Waals surface area contributed by atoms with Crippen molar-refractivity contribution in [1.82, 2.24) is 4.90 Å². The second kappa shape index (κ2) is 5.51. The number of amides is 1. The Labute approximate surface area is 116 Å². The van der Waals surface area contributed by atoms with Gasteiger partial charge in [-0.25, -0.2) is 4.79 Å². The first-order valence-corrected chi connectivity index (χ1v) is 7.15. The first-order valence-electron chi connectivity index (χ1n) is 7.15. The van der Waals surface area contributed by atoms with E-state index in [2.05, 4.69) is 13.8 Å².